The summed E-state index contributed by atoms with van der Waals surface area (Å²) in [6.45, 7) is 4.39. The molecule has 3 heterocycles. The summed E-state index contributed by atoms with van der Waals surface area (Å²) in [4.78, 5) is 14.9. The number of carbonyl (C=O) groups excluding carboxylic acids is 1. The molecule has 2 aliphatic heterocycles. The van der Waals surface area contributed by atoms with Gasteiger partial charge in [-0.05, 0) is 49.2 Å². The van der Waals surface area contributed by atoms with Gasteiger partial charge < -0.3 is 19.2 Å². The van der Waals surface area contributed by atoms with Crippen molar-refractivity contribution in [3.63, 3.8) is 0 Å². The van der Waals surface area contributed by atoms with Crippen molar-refractivity contribution in [2.75, 3.05) is 26.3 Å². The molecule has 1 aromatic heterocycles. The van der Waals surface area contributed by atoms with Gasteiger partial charge in [0.05, 0.1) is 31.9 Å². The van der Waals surface area contributed by atoms with Crippen molar-refractivity contribution in [1.82, 2.24) is 10.2 Å². The van der Waals surface area contributed by atoms with Gasteiger partial charge in [-0.25, -0.2) is 0 Å². The zero-order valence-electron chi connectivity index (χ0n) is 15.5. The first-order valence-electron chi connectivity index (χ1n) is 9.69. The molecule has 2 aliphatic rings. The minimum atomic E-state index is 0.0223. The number of fused-ring (bicyclic) bond motifs is 1. The smallest absolute Gasteiger partial charge is 0.224 e. The number of benzene rings is 1. The molecule has 6 nitrogen and oxygen atoms in total. The van der Waals surface area contributed by atoms with Crippen LogP contribution >= 0.6 is 0 Å². The van der Waals surface area contributed by atoms with E-state index >= 15 is 0 Å². The Morgan fingerprint density at radius 2 is 2.04 bits per heavy atom. The Kier molecular flexibility index (Phi) is 5.63. The molecule has 2 aromatic rings. The van der Waals surface area contributed by atoms with Crippen LogP contribution in [0.5, 0.6) is 11.5 Å². The zero-order chi connectivity index (χ0) is 18.5. The molecule has 1 saturated heterocycles. The first-order chi connectivity index (χ1) is 13.3. The van der Waals surface area contributed by atoms with Crippen LogP contribution in [0.3, 0.4) is 0 Å². The summed E-state index contributed by atoms with van der Waals surface area (Å²) in [5, 5.41) is 3.09. The molecule has 27 heavy (non-hydrogen) atoms. The molecule has 0 saturated carbocycles. The van der Waals surface area contributed by atoms with E-state index in [1.165, 1.54) is 0 Å². The van der Waals surface area contributed by atoms with Crippen LogP contribution in [0.4, 0.5) is 0 Å². The second kappa shape index (κ2) is 8.48. The SMILES string of the molecule is O=C(NCc1ccc2c(c1)OCCCO2)[C@@H]1CCCN(Cc2ccco2)C1. The monoisotopic (exact) mass is 370 g/mol. The molecule has 0 bridgehead atoms. The van der Waals surface area contributed by atoms with Crippen LogP contribution in [0.25, 0.3) is 0 Å². The Morgan fingerprint density at radius 3 is 2.89 bits per heavy atom. The number of likely N-dealkylation sites (tertiary alicyclic amines) is 1. The van der Waals surface area contributed by atoms with E-state index in [0.717, 1.165) is 61.7 Å². The fourth-order valence-corrected chi connectivity index (χ4v) is 3.69. The lowest BCUT2D eigenvalue weighted by Gasteiger charge is -2.31. The number of furan rings is 1. The molecule has 0 aliphatic carbocycles. The normalized spacial score (nSPS) is 20.1. The molecular weight excluding hydrogens is 344 g/mol. The third kappa shape index (κ3) is 4.63. The summed E-state index contributed by atoms with van der Waals surface area (Å²) in [7, 11) is 0. The van der Waals surface area contributed by atoms with Gasteiger partial charge in [0.2, 0.25) is 5.91 Å². The quantitative estimate of drug-likeness (QED) is 0.877. The van der Waals surface area contributed by atoms with Crippen LogP contribution in [0, 0.1) is 5.92 Å². The molecule has 144 valence electrons. The second-order valence-corrected chi connectivity index (χ2v) is 7.20. The first-order valence-corrected chi connectivity index (χ1v) is 9.69. The number of ether oxygens (including phenoxy) is 2. The number of piperidine rings is 1. The van der Waals surface area contributed by atoms with Crippen LogP contribution in [-0.2, 0) is 17.9 Å². The van der Waals surface area contributed by atoms with Crippen molar-refractivity contribution >= 4 is 5.91 Å². The predicted molar refractivity (Wildman–Crippen MR) is 101 cm³/mol. The molecule has 0 radical (unpaired) electrons. The van der Waals surface area contributed by atoms with Crippen LogP contribution in [-0.4, -0.2) is 37.1 Å². The molecule has 1 atom stereocenters. The molecular formula is C21H26N2O4. The maximum atomic E-state index is 12.6. The number of rotatable bonds is 5. The lowest BCUT2D eigenvalue weighted by molar-refractivity contribution is -0.127. The average molecular weight is 370 g/mol. The predicted octanol–water partition coefficient (Wildman–Crippen LogP) is 2.97. The van der Waals surface area contributed by atoms with E-state index in [2.05, 4.69) is 10.2 Å². The fourth-order valence-electron chi connectivity index (χ4n) is 3.69. The van der Waals surface area contributed by atoms with Gasteiger partial charge in [0.25, 0.3) is 0 Å². The molecule has 4 rings (SSSR count). The number of hydrogen-bond donors (Lipinski definition) is 1. The van der Waals surface area contributed by atoms with Crippen molar-refractivity contribution in [3.05, 3.63) is 47.9 Å². The minimum Gasteiger partial charge on any atom is -0.490 e. The van der Waals surface area contributed by atoms with Crippen molar-refractivity contribution in [1.29, 1.82) is 0 Å². The largest absolute Gasteiger partial charge is 0.490 e. The minimum absolute atomic E-state index is 0.0223. The molecule has 1 fully saturated rings. The second-order valence-electron chi connectivity index (χ2n) is 7.20. The number of hydrogen-bond acceptors (Lipinski definition) is 5. The number of nitrogens with zero attached hydrogens (tertiary/aromatic N) is 1. The van der Waals surface area contributed by atoms with E-state index in [4.69, 9.17) is 13.9 Å². The summed E-state index contributed by atoms with van der Waals surface area (Å²) in [5.41, 5.74) is 1.02. The highest BCUT2D eigenvalue weighted by Crippen LogP contribution is 2.30. The summed E-state index contributed by atoms with van der Waals surface area (Å²) in [5.74, 6) is 2.63. The lowest BCUT2D eigenvalue weighted by Crippen LogP contribution is -2.42. The number of carbonyl (C=O) groups is 1. The van der Waals surface area contributed by atoms with E-state index in [1.54, 1.807) is 6.26 Å². The summed E-state index contributed by atoms with van der Waals surface area (Å²) in [6.07, 6.45) is 4.54. The van der Waals surface area contributed by atoms with Gasteiger partial charge in [-0.2, -0.15) is 0 Å². The highest BCUT2D eigenvalue weighted by atomic mass is 16.5. The maximum Gasteiger partial charge on any atom is 0.224 e. The molecule has 1 aromatic carbocycles. The van der Waals surface area contributed by atoms with Gasteiger partial charge in [-0.15, -0.1) is 0 Å². The van der Waals surface area contributed by atoms with Crippen molar-refractivity contribution < 1.29 is 18.7 Å². The zero-order valence-corrected chi connectivity index (χ0v) is 15.5. The number of amides is 1. The highest BCUT2D eigenvalue weighted by Gasteiger charge is 2.26. The summed E-state index contributed by atoms with van der Waals surface area (Å²) < 4.78 is 16.8. The molecule has 1 amide bonds. The van der Waals surface area contributed by atoms with E-state index in [1.807, 2.05) is 30.3 Å². The van der Waals surface area contributed by atoms with E-state index in [9.17, 15) is 4.79 Å². The van der Waals surface area contributed by atoms with Crippen LogP contribution < -0.4 is 14.8 Å². The van der Waals surface area contributed by atoms with E-state index < -0.39 is 0 Å². The van der Waals surface area contributed by atoms with Gasteiger partial charge in [0, 0.05) is 19.5 Å². The van der Waals surface area contributed by atoms with Crippen LogP contribution in [0.2, 0.25) is 0 Å². The molecule has 6 heteroatoms. The Labute approximate surface area is 159 Å². The maximum absolute atomic E-state index is 12.6. The van der Waals surface area contributed by atoms with E-state index in [0.29, 0.717) is 19.8 Å². The number of nitrogens with one attached hydrogen (secondary N) is 1. The highest BCUT2D eigenvalue weighted by molar-refractivity contribution is 5.79. The van der Waals surface area contributed by atoms with Gasteiger partial charge in [-0.1, -0.05) is 6.07 Å². The molecule has 0 spiro atoms. The third-order valence-electron chi connectivity index (χ3n) is 5.11. The van der Waals surface area contributed by atoms with Gasteiger partial charge in [0.15, 0.2) is 11.5 Å². The average Bonchev–Trinajstić information content (AvgIpc) is 3.09. The Balaban J connectivity index is 1.30. The van der Waals surface area contributed by atoms with E-state index in [-0.39, 0.29) is 11.8 Å². The summed E-state index contributed by atoms with van der Waals surface area (Å²) >= 11 is 0. The van der Waals surface area contributed by atoms with Gasteiger partial charge >= 0.3 is 0 Å². The van der Waals surface area contributed by atoms with Crippen molar-refractivity contribution in [2.24, 2.45) is 5.92 Å². The Bertz CT molecular complexity index is 760. The summed E-state index contributed by atoms with van der Waals surface area (Å²) in [6, 6.07) is 9.75. The molecule has 0 unspecified atom stereocenters. The van der Waals surface area contributed by atoms with Crippen molar-refractivity contribution in [3.8, 4) is 11.5 Å². The Morgan fingerprint density at radius 1 is 1.15 bits per heavy atom. The van der Waals surface area contributed by atoms with Crippen LogP contribution in [0.1, 0.15) is 30.6 Å². The van der Waals surface area contributed by atoms with Crippen LogP contribution in [0.15, 0.2) is 41.0 Å². The molecule has 1 N–H and O–H groups in total. The lowest BCUT2D eigenvalue weighted by atomic mass is 9.97. The third-order valence-corrected chi connectivity index (χ3v) is 5.11. The first kappa shape index (κ1) is 17.9. The standard InChI is InChI=1S/C21H26N2O4/c24-21(17-4-1-8-23(14-17)15-18-5-2-9-25-18)22-13-16-6-7-19-20(12-16)27-11-3-10-26-19/h2,5-7,9,12,17H,1,3-4,8,10-11,13-15H2,(H,22,24)/t17-/m1/s1. The van der Waals surface area contributed by atoms with Gasteiger partial charge in [0.1, 0.15) is 5.76 Å². The topological polar surface area (TPSA) is 63.9 Å². The van der Waals surface area contributed by atoms with Gasteiger partial charge in [-0.3, -0.25) is 9.69 Å². The Hall–Kier alpha value is -2.47. The van der Waals surface area contributed by atoms with Crippen molar-refractivity contribution in [2.45, 2.75) is 32.4 Å². The fraction of sp³-hybridized carbons (Fsp3) is 0.476.